The molecule has 5 heteroatoms. The molecule has 2 aromatic rings. The van der Waals surface area contributed by atoms with Gasteiger partial charge in [0.15, 0.2) is 0 Å². The molecule has 0 spiro atoms. The summed E-state index contributed by atoms with van der Waals surface area (Å²) in [6, 6.07) is 13.8. The van der Waals surface area contributed by atoms with Crippen molar-refractivity contribution in [3.63, 3.8) is 0 Å². The smallest absolute Gasteiger partial charge is 0.236 e. The fourth-order valence-electron chi connectivity index (χ4n) is 3.06. The number of nitrogens with two attached hydrogens (primary N) is 1. The second-order valence-corrected chi connectivity index (χ2v) is 5.66. The minimum atomic E-state index is -0.0128. The van der Waals surface area contributed by atoms with Crippen LogP contribution in [0.1, 0.15) is 24.4 Å². The molecule has 0 bridgehead atoms. The van der Waals surface area contributed by atoms with Gasteiger partial charge in [0.1, 0.15) is 11.9 Å². The third-order valence-electron chi connectivity index (χ3n) is 4.19. The fraction of sp³-hybridized carbons (Fsp3) is 0.333. The minimum Gasteiger partial charge on any atom is -0.490 e. The van der Waals surface area contributed by atoms with Crippen molar-refractivity contribution in [2.75, 3.05) is 13.1 Å². The average Bonchev–Trinajstić information content (AvgIpc) is 2.62. The highest BCUT2D eigenvalue weighted by molar-refractivity contribution is 5.78. The predicted octanol–water partition coefficient (Wildman–Crippen LogP) is 2.15. The maximum atomic E-state index is 12.2. The van der Waals surface area contributed by atoms with Gasteiger partial charge in [-0.1, -0.05) is 30.3 Å². The van der Waals surface area contributed by atoms with Crippen LogP contribution in [0.5, 0.6) is 5.75 Å². The van der Waals surface area contributed by atoms with Crippen LogP contribution in [-0.4, -0.2) is 35.0 Å². The topological polar surface area (TPSA) is 68.5 Å². The van der Waals surface area contributed by atoms with Crippen LogP contribution < -0.4 is 10.5 Å². The monoisotopic (exact) mass is 311 g/mol. The van der Waals surface area contributed by atoms with E-state index in [1.165, 1.54) is 0 Å². The van der Waals surface area contributed by atoms with Crippen LogP contribution in [0, 0.1) is 0 Å². The molecule has 2 atom stereocenters. The molecule has 1 fully saturated rings. The van der Waals surface area contributed by atoms with Crippen molar-refractivity contribution in [1.82, 2.24) is 9.88 Å². The Bertz CT molecular complexity index is 633. The number of carbonyl (C=O) groups excluding carboxylic acids is 1. The van der Waals surface area contributed by atoms with Gasteiger partial charge in [-0.25, -0.2) is 0 Å². The summed E-state index contributed by atoms with van der Waals surface area (Å²) in [5.74, 6) is 0.802. The van der Waals surface area contributed by atoms with Gasteiger partial charge in [0.2, 0.25) is 5.91 Å². The Kier molecular flexibility index (Phi) is 4.88. The van der Waals surface area contributed by atoms with Gasteiger partial charge in [0.05, 0.1) is 12.6 Å². The summed E-state index contributed by atoms with van der Waals surface area (Å²) in [4.78, 5) is 18.0. The maximum absolute atomic E-state index is 12.2. The zero-order valence-corrected chi connectivity index (χ0v) is 13.0. The summed E-state index contributed by atoms with van der Waals surface area (Å²) < 4.78 is 6.06. The van der Waals surface area contributed by atoms with Gasteiger partial charge in [-0.05, 0) is 17.7 Å². The molecule has 0 saturated carbocycles. The first-order valence-electron chi connectivity index (χ1n) is 7.89. The number of benzene rings is 1. The highest BCUT2D eigenvalue weighted by Crippen LogP contribution is 2.32. The molecule has 1 amide bonds. The summed E-state index contributed by atoms with van der Waals surface area (Å²) >= 11 is 0. The normalized spacial score (nSPS) is 21.0. The van der Waals surface area contributed by atoms with Gasteiger partial charge >= 0.3 is 0 Å². The Labute approximate surface area is 136 Å². The van der Waals surface area contributed by atoms with E-state index in [-0.39, 0.29) is 24.6 Å². The molecule has 2 unspecified atom stereocenters. The van der Waals surface area contributed by atoms with Gasteiger partial charge in [-0.3, -0.25) is 9.78 Å². The van der Waals surface area contributed by atoms with Crippen molar-refractivity contribution in [3.05, 3.63) is 60.4 Å². The molecule has 1 aromatic carbocycles. The number of hydrogen-bond acceptors (Lipinski definition) is 4. The van der Waals surface area contributed by atoms with Crippen LogP contribution in [0.4, 0.5) is 0 Å². The molecule has 2 N–H and O–H groups in total. The average molecular weight is 311 g/mol. The van der Waals surface area contributed by atoms with E-state index in [9.17, 15) is 4.79 Å². The quantitative estimate of drug-likeness (QED) is 0.939. The number of nitrogens with zero attached hydrogens (tertiary/aromatic N) is 2. The molecule has 1 aliphatic heterocycles. The van der Waals surface area contributed by atoms with E-state index in [2.05, 4.69) is 17.1 Å². The summed E-state index contributed by atoms with van der Waals surface area (Å²) in [6.45, 7) is 0.699. The number of carbonyl (C=O) groups is 1. The molecule has 0 aliphatic carbocycles. The third kappa shape index (κ3) is 3.68. The van der Waals surface area contributed by atoms with Gasteiger partial charge in [-0.2, -0.15) is 0 Å². The molecule has 1 aliphatic rings. The van der Waals surface area contributed by atoms with Crippen molar-refractivity contribution >= 4 is 5.91 Å². The molecule has 2 heterocycles. The lowest BCUT2D eigenvalue weighted by atomic mass is 9.93. The largest absolute Gasteiger partial charge is 0.490 e. The van der Waals surface area contributed by atoms with Crippen molar-refractivity contribution in [2.24, 2.45) is 5.73 Å². The Morgan fingerprint density at radius 2 is 1.96 bits per heavy atom. The number of pyridine rings is 1. The first-order valence-corrected chi connectivity index (χ1v) is 7.89. The Morgan fingerprint density at radius 3 is 2.65 bits per heavy atom. The zero-order chi connectivity index (χ0) is 16.1. The van der Waals surface area contributed by atoms with Crippen molar-refractivity contribution in [2.45, 2.75) is 25.0 Å². The molecule has 0 radical (unpaired) electrons. The van der Waals surface area contributed by atoms with Crippen molar-refractivity contribution in [3.8, 4) is 5.75 Å². The summed E-state index contributed by atoms with van der Waals surface area (Å²) in [5, 5.41) is 0. The summed E-state index contributed by atoms with van der Waals surface area (Å²) in [7, 11) is 0. The SMILES string of the molecule is NCC(=O)N1CCC(Oc2ccncc2)CC1c1ccccc1. The zero-order valence-electron chi connectivity index (χ0n) is 13.0. The molecular formula is C18H21N3O2. The van der Waals surface area contributed by atoms with Crippen LogP contribution in [-0.2, 0) is 4.79 Å². The van der Waals surface area contributed by atoms with E-state index >= 15 is 0 Å². The number of amides is 1. The number of hydrogen-bond donors (Lipinski definition) is 1. The van der Waals surface area contributed by atoms with Gasteiger partial charge in [0.25, 0.3) is 0 Å². The third-order valence-corrected chi connectivity index (χ3v) is 4.19. The first-order chi connectivity index (χ1) is 11.3. The molecular weight excluding hydrogens is 290 g/mol. The van der Waals surface area contributed by atoms with E-state index in [0.717, 1.165) is 24.2 Å². The predicted molar refractivity (Wildman–Crippen MR) is 87.8 cm³/mol. The summed E-state index contributed by atoms with van der Waals surface area (Å²) in [5.41, 5.74) is 6.69. The van der Waals surface area contributed by atoms with Gasteiger partial charge in [0, 0.05) is 31.8 Å². The van der Waals surface area contributed by atoms with Gasteiger partial charge in [-0.15, -0.1) is 0 Å². The molecule has 120 valence electrons. The highest BCUT2D eigenvalue weighted by Gasteiger charge is 2.33. The van der Waals surface area contributed by atoms with Crippen LogP contribution in [0.2, 0.25) is 0 Å². The lowest BCUT2D eigenvalue weighted by Gasteiger charge is -2.39. The van der Waals surface area contributed by atoms with E-state index in [4.69, 9.17) is 10.5 Å². The summed E-state index contributed by atoms with van der Waals surface area (Å²) in [6.07, 6.45) is 5.08. The standard InChI is InChI=1S/C18H21N3O2/c19-13-18(22)21-11-8-16(23-15-6-9-20-10-7-15)12-17(21)14-4-2-1-3-5-14/h1-7,9-10,16-17H,8,11-13,19H2. The van der Waals surface area contributed by atoms with Crippen LogP contribution in [0.15, 0.2) is 54.9 Å². The molecule has 1 saturated heterocycles. The highest BCUT2D eigenvalue weighted by atomic mass is 16.5. The Hall–Kier alpha value is -2.40. The van der Waals surface area contributed by atoms with Gasteiger partial charge < -0.3 is 15.4 Å². The van der Waals surface area contributed by atoms with E-state index in [1.54, 1.807) is 12.4 Å². The fourth-order valence-corrected chi connectivity index (χ4v) is 3.06. The molecule has 3 rings (SSSR count). The number of ether oxygens (including phenoxy) is 1. The molecule has 5 nitrogen and oxygen atoms in total. The molecule has 1 aromatic heterocycles. The minimum absolute atomic E-state index is 0.00726. The van der Waals surface area contributed by atoms with E-state index < -0.39 is 0 Å². The Balaban J connectivity index is 1.77. The maximum Gasteiger partial charge on any atom is 0.236 e. The van der Waals surface area contributed by atoms with E-state index in [0.29, 0.717) is 6.54 Å². The van der Waals surface area contributed by atoms with E-state index in [1.807, 2.05) is 35.2 Å². The second-order valence-electron chi connectivity index (χ2n) is 5.66. The number of rotatable bonds is 4. The van der Waals surface area contributed by atoms with Crippen LogP contribution in [0.3, 0.4) is 0 Å². The van der Waals surface area contributed by atoms with Crippen LogP contribution >= 0.6 is 0 Å². The Morgan fingerprint density at radius 1 is 1.22 bits per heavy atom. The number of likely N-dealkylation sites (tertiary alicyclic amines) is 1. The lowest BCUT2D eigenvalue weighted by Crippen LogP contribution is -2.46. The number of aromatic nitrogens is 1. The van der Waals surface area contributed by atoms with Crippen molar-refractivity contribution in [1.29, 1.82) is 0 Å². The molecule has 23 heavy (non-hydrogen) atoms. The first kappa shape index (κ1) is 15.5. The number of piperidine rings is 1. The van der Waals surface area contributed by atoms with Crippen molar-refractivity contribution < 1.29 is 9.53 Å². The second kappa shape index (κ2) is 7.24. The van der Waals surface area contributed by atoms with Crippen LogP contribution in [0.25, 0.3) is 0 Å². The lowest BCUT2D eigenvalue weighted by molar-refractivity contribution is -0.134.